The van der Waals surface area contributed by atoms with Crippen LogP contribution in [-0.4, -0.2) is 38.0 Å². The summed E-state index contributed by atoms with van der Waals surface area (Å²) in [5.41, 5.74) is 1.82. The molecule has 1 aliphatic rings. The molecule has 0 aliphatic carbocycles. The van der Waals surface area contributed by atoms with Gasteiger partial charge >= 0.3 is 0 Å². The molecule has 2 N–H and O–H groups in total. The quantitative estimate of drug-likeness (QED) is 0.815. The lowest BCUT2D eigenvalue weighted by Crippen LogP contribution is -2.51. The van der Waals surface area contributed by atoms with Crippen molar-refractivity contribution in [3.63, 3.8) is 0 Å². The largest absolute Gasteiger partial charge is 0.453 e. The summed E-state index contributed by atoms with van der Waals surface area (Å²) in [6, 6.07) is 10.7. The van der Waals surface area contributed by atoms with Gasteiger partial charge in [0.25, 0.3) is 0 Å². The molecule has 1 aromatic carbocycles. The van der Waals surface area contributed by atoms with E-state index in [0.29, 0.717) is 44.1 Å². The summed E-state index contributed by atoms with van der Waals surface area (Å²) in [5, 5.41) is 6.01. The molecule has 6 heteroatoms. The zero-order chi connectivity index (χ0) is 16.1. The summed E-state index contributed by atoms with van der Waals surface area (Å²) in [7, 11) is 0. The fourth-order valence-corrected chi connectivity index (χ4v) is 2.45. The van der Waals surface area contributed by atoms with Gasteiger partial charge in [0, 0.05) is 18.7 Å². The Morgan fingerprint density at radius 2 is 2.26 bits per heavy atom. The molecule has 1 atom stereocenters. The summed E-state index contributed by atoms with van der Waals surface area (Å²) >= 11 is 0. The van der Waals surface area contributed by atoms with Crippen LogP contribution in [0.25, 0.3) is 11.3 Å². The number of carbonyl (C=O) groups excluding carboxylic acids is 2. The van der Waals surface area contributed by atoms with E-state index in [4.69, 9.17) is 9.15 Å². The highest BCUT2D eigenvalue weighted by atomic mass is 16.5. The van der Waals surface area contributed by atoms with E-state index >= 15 is 0 Å². The highest BCUT2D eigenvalue weighted by Crippen LogP contribution is 2.22. The van der Waals surface area contributed by atoms with Crippen LogP contribution in [0.4, 0.5) is 0 Å². The molecule has 2 aromatic rings. The van der Waals surface area contributed by atoms with Crippen molar-refractivity contribution >= 4 is 12.2 Å². The monoisotopic (exact) mass is 314 g/mol. The molecule has 0 radical (unpaired) electrons. The third kappa shape index (κ3) is 3.85. The third-order valence-electron chi connectivity index (χ3n) is 3.66. The topological polar surface area (TPSA) is 80.6 Å². The van der Waals surface area contributed by atoms with Crippen LogP contribution >= 0.6 is 0 Å². The SMILES string of the molecule is O=Cc1ccc(-c2cccc(CNC(=O)C3COCCN3)c2)o1. The molecule has 0 spiro atoms. The number of nitrogens with one attached hydrogen (secondary N) is 2. The molecule has 0 bridgehead atoms. The van der Waals surface area contributed by atoms with Crippen molar-refractivity contribution in [2.24, 2.45) is 0 Å². The predicted molar refractivity (Wildman–Crippen MR) is 84.0 cm³/mol. The Balaban J connectivity index is 1.63. The predicted octanol–water partition coefficient (Wildman–Crippen LogP) is 1.36. The van der Waals surface area contributed by atoms with Crippen LogP contribution in [-0.2, 0) is 16.1 Å². The Hall–Kier alpha value is -2.44. The van der Waals surface area contributed by atoms with Gasteiger partial charge in [0.2, 0.25) is 5.91 Å². The van der Waals surface area contributed by atoms with Crippen molar-refractivity contribution in [2.45, 2.75) is 12.6 Å². The van der Waals surface area contributed by atoms with E-state index < -0.39 is 0 Å². The first-order valence-corrected chi connectivity index (χ1v) is 7.49. The molecule has 0 saturated carbocycles. The average Bonchev–Trinajstić information content (AvgIpc) is 3.10. The van der Waals surface area contributed by atoms with Crippen molar-refractivity contribution in [3.8, 4) is 11.3 Å². The zero-order valence-electron chi connectivity index (χ0n) is 12.6. The summed E-state index contributed by atoms with van der Waals surface area (Å²) in [4.78, 5) is 22.7. The molecule has 1 aromatic heterocycles. The van der Waals surface area contributed by atoms with Crippen molar-refractivity contribution < 1.29 is 18.7 Å². The molecule has 23 heavy (non-hydrogen) atoms. The second kappa shape index (κ2) is 7.21. The van der Waals surface area contributed by atoms with Crippen molar-refractivity contribution in [2.75, 3.05) is 19.8 Å². The van der Waals surface area contributed by atoms with Crippen molar-refractivity contribution in [1.82, 2.24) is 10.6 Å². The zero-order valence-corrected chi connectivity index (χ0v) is 12.6. The van der Waals surface area contributed by atoms with Gasteiger partial charge < -0.3 is 19.8 Å². The minimum absolute atomic E-state index is 0.0728. The van der Waals surface area contributed by atoms with Crippen LogP contribution in [0, 0.1) is 0 Å². The van der Waals surface area contributed by atoms with E-state index in [1.807, 2.05) is 24.3 Å². The number of ether oxygens (including phenoxy) is 1. The van der Waals surface area contributed by atoms with Gasteiger partial charge in [-0.15, -0.1) is 0 Å². The molecule has 1 amide bonds. The second-order valence-corrected chi connectivity index (χ2v) is 5.32. The molecule has 2 heterocycles. The van der Waals surface area contributed by atoms with E-state index in [1.165, 1.54) is 0 Å². The number of carbonyl (C=O) groups is 2. The second-order valence-electron chi connectivity index (χ2n) is 5.32. The molecule has 6 nitrogen and oxygen atoms in total. The van der Waals surface area contributed by atoms with Gasteiger partial charge in [-0.1, -0.05) is 18.2 Å². The van der Waals surface area contributed by atoms with E-state index in [0.717, 1.165) is 11.1 Å². The minimum atomic E-state index is -0.299. The molecular weight excluding hydrogens is 296 g/mol. The van der Waals surface area contributed by atoms with Crippen LogP contribution in [0.15, 0.2) is 40.8 Å². The van der Waals surface area contributed by atoms with Gasteiger partial charge in [0.05, 0.1) is 13.2 Å². The molecule has 120 valence electrons. The third-order valence-corrected chi connectivity index (χ3v) is 3.66. The number of morpholine rings is 1. The van der Waals surface area contributed by atoms with Crippen LogP contribution in [0.3, 0.4) is 0 Å². The molecule has 1 aliphatic heterocycles. The number of hydrogen-bond acceptors (Lipinski definition) is 5. The van der Waals surface area contributed by atoms with Crippen LogP contribution in [0.1, 0.15) is 16.1 Å². The van der Waals surface area contributed by atoms with Gasteiger partial charge in [-0.3, -0.25) is 9.59 Å². The Morgan fingerprint density at radius 3 is 3.00 bits per heavy atom. The Morgan fingerprint density at radius 1 is 1.35 bits per heavy atom. The van der Waals surface area contributed by atoms with Gasteiger partial charge in [-0.2, -0.15) is 0 Å². The summed E-state index contributed by atoms with van der Waals surface area (Å²) in [6.45, 7) is 2.14. The van der Waals surface area contributed by atoms with Crippen LogP contribution in [0.5, 0.6) is 0 Å². The molecule has 1 fully saturated rings. The molecular formula is C17H18N2O4. The highest BCUT2D eigenvalue weighted by molar-refractivity contribution is 5.82. The fraction of sp³-hybridized carbons (Fsp3) is 0.294. The maximum absolute atomic E-state index is 12.1. The number of aldehydes is 1. The first-order chi connectivity index (χ1) is 11.3. The van der Waals surface area contributed by atoms with Gasteiger partial charge in [-0.05, 0) is 23.8 Å². The standard InChI is InChI=1S/C17H18N2O4/c20-10-14-4-5-16(23-14)13-3-1-2-12(8-13)9-19-17(21)15-11-22-7-6-18-15/h1-5,8,10,15,18H,6-7,9,11H2,(H,19,21). The fourth-order valence-electron chi connectivity index (χ4n) is 2.45. The van der Waals surface area contributed by atoms with E-state index in [1.54, 1.807) is 12.1 Å². The van der Waals surface area contributed by atoms with E-state index in [2.05, 4.69) is 10.6 Å². The smallest absolute Gasteiger partial charge is 0.239 e. The van der Waals surface area contributed by atoms with Gasteiger partial charge in [-0.25, -0.2) is 0 Å². The van der Waals surface area contributed by atoms with Crippen molar-refractivity contribution in [3.05, 3.63) is 47.7 Å². The Kier molecular flexibility index (Phi) is 4.85. The highest BCUT2D eigenvalue weighted by Gasteiger charge is 2.20. The maximum atomic E-state index is 12.1. The van der Waals surface area contributed by atoms with Gasteiger partial charge in [0.1, 0.15) is 11.8 Å². The normalized spacial score (nSPS) is 17.7. The minimum Gasteiger partial charge on any atom is -0.453 e. The van der Waals surface area contributed by atoms with Gasteiger partial charge in [0.15, 0.2) is 12.0 Å². The van der Waals surface area contributed by atoms with E-state index in [-0.39, 0.29) is 11.9 Å². The number of benzene rings is 1. The lowest BCUT2D eigenvalue weighted by atomic mass is 10.1. The summed E-state index contributed by atoms with van der Waals surface area (Å²) < 4.78 is 10.7. The summed E-state index contributed by atoms with van der Waals surface area (Å²) in [5.74, 6) is 0.848. The maximum Gasteiger partial charge on any atom is 0.239 e. The lowest BCUT2D eigenvalue weighted by Gasteiger charge is -2.22. The number of amides is 1. The first kappa shape index (κ1) is 15.5. The van der Waals surface area contributed by atoms with Crippen LogP contribution < -0.4 is 10.6 Å². The molecule has 1 unspecified atom stereocenters. The Bertz CT molecular complexity index is 689. The van der Waals surface area contributed by atoms with Crippen molar-refractivity contribution in [1.29, 1.82) is 0 Å². The van der Waals surface area contributed by atoms with Crippen LogP contribution in [0.2, 0.25) is 0 Å². The van der Waals surface area contributed by atoms with E-state index in [9.17, 15) is 9.59 Å². The Labute approximate surface area is 133 Å². The molecule has 3 rings (SSSR count). The molecule has 1 saturated heterocycles. The summed E-state index contributed by atoms with van der Waals surface area (Å²) in [6.07, 6.45) is 0.673. The number of rotatable bonds is 5. The number of furan rings is 1. The first-order valence-electron chi connectivity index (χ1n) is 7.49. The number of hydrogen-bond donors (Lipinski definition) is 2. The average molecular weight is 314 g/mol. The lowest BCUT2D eigenvalue weighted by molar-refractivity contribution is -0.126.